The van der Waals surface area contributed by atoms with Crippen molar-refractivity contribution in [1.82, 2.24) is 10.1 Å². The van der Waals surface area contributed by atoms with Crippen LogP contribution in [0.25, 0.3) is 11.6 Å². The second-order valence-electron chi connectivity index (χ2n) is 7.52. The lowest BCUT2D eigenvalue weighted by molar-refractivity contribution is 0.0996. The molecule has 5 rings (SSSR count). The van der Waals surface area contributed by atoms with Gasteiger partial charge in [-0.25, -0.2) is 0 Å². The Bertz CT molecular complexity index is 1440. The molecule has 1 amide bonds. The minimum absolute atomic E-state index is 0.212. The van der Waals surface area contributed by atoms with Gasteiger partial charge in [-0.2, -0.15) is 4.98 Å². The van der Waals surface area contributed by atoms with Crippen molar-refractivity contribution in [3.05, 3.63) is 125 Å². The summed E-state index contributed by atoms with van der Waals surface area (Å²) < 4.78 is 10.7. The van der Waals surface area contributed by atoms with E-state index in [1.54, 1.807) is 66.7 Å². The van der Waals surface area contributed by atoms with E-state index in [1.165, 1.54) is 6.26 Å². The molecule has 7 nitrogen and oxygen atoms in total. The molecule has 0 fully saturated rings. The summed E-state index contributed by atoms with van der Waals surface area (Å²) in [6.45, 7) is 0. The highest BCUT2D eigenvalue weighted by Crippen LogP contribution is 2.23. The van der Waals surface area contributed by atoms with Crippen molar-refractivity contribution in [2.45, 2.75) is 6.42 Å². The van der Waals surface area contributed by atoms with Crippen LogP contribution in [-0.4, -0.2) is 21.8 Å². The Morgan fingerprint density at radius 3 is 2.32 bits per heavy atom. The largest absolute Gasteiger partial charge is 0.461 e. The summed E-state index contributed by atoms with van der Waals surface area (Å²) in [4.78, 5) is 30.6. The van der Waals surface area contributed by atoms with Gasteiger partial charge in [0.25, 0.3) is 5.91 Å². The van der Waals surface area contributed by atoms with Crippen molar-refractivity contribution in [2.24, 2.45) is 0 Å². The molecule has 0 atom stereocenters. The molecule has 0 aliphatic rings. The van der Waals surface area contributed by atoms with Gasteiger partial charge in [-0.1, -0.05) is 71.9 Å². The first-order valence-electron chi connectivity index (χ1n) is 10.6. The number of rotatable bonds is 7. The average Bonchev–Trinajstić information content (AvgIpc) is 3.58. The van der Waals surface area contributed by atoms with E-state index in [0.29, 0.717) is 46.3 Å². The van der Waals surface area contributed by atoms with Crippen LogP contribution in [-0.2, 0) is 6.42 Å². The molecule has 0 saturated heterocycles. The van der Waals surface area contributed by atoms with Crippen molar-refractivity contribution in [2.75, 3.05) is 5.32 Å². The number of nitrogens with zero attached hydrogens (tertiary/aromatic N) is 2. The van der Waals surface area contributed by atoms with E-state index in [2.05, 4.69) is 15.5 Å². The van der Waals surface area contributed by atoms with Gasteiger partial charge in [-0.05, 0) is 29.8 Å². The Morgan fingerprint density at radius 1 is 0.794 bits per heavy atom. The van der Waals surface area contributed by atoms with E-state index in [-0.39, 0.29) is 11.7 Å². The van der Waals surface area contributed by atoms with E-state index < -0.39 is 0 Å². The number of benzene rings is 3. The second-order valence-corrected chi connectivity index (χ2v) is 7.52. The van der Waals surface area contributed by atoms with Crippen LogP contribution in [0.1, 0.15) is 37.7 Å². The Morgan fingerprint density at radius 2 is 1.53 bits per heavy atom. The van der Waals surface area contributed by atoms with Crippen LogP contribution in [0, 0.1) is 0 Å². The second kappa shape index (κ2) is 9.38. The predicted octanol–water partition coefficient (Wildman–Crippen LogP) is 5.40. The van der Waals surface area contributed by atoms with Crippen LogP contribution < -0.4 is 5.32 Å². The zero-order valence-corrected chi connectivity index (χ0v) is 18.0. The summed E-state index contributed by atoms with van der Waals surface area (Å²) in [5.74, 6) is 0.656. The van der Waals surface area contributed by atoms with Gasteiger partial charge in [0.15, 0.2) is 11.5 Å². The first-order valence-corrected chi connectivity index (χ1v) is 10.6. The normalized spacial score (nSPS) is 10.7. The quantitative estimate of drug-likeness (QED) is 0.334. The van der Waals surface area contributed by atoms with Gasteiger partial charge in [0.2, 0.25) is 11.7 Å². The van der Waals surface area contributed by atoms with E-state index in [9.17, 15) is 9.59 Å². The third kappa shape index (κ3) is 4.40. The molecule has 5 aromatic rings. The maximum Gasteiger partial charge on any atom is 0.256 e. The maximum atomic E-state index is 13.2. The Hall–Kier alpha value is -4.78. The van der Waals surface area contributed by atoms with E-state index >= 15 is 0 Å². The Kier molecular flexibility index (Phi) is 5.82. The summed E-state index contributed by atoms with van der Waals surface area (Å²) in [5.41, 5.74) is 2.53. The van der Waals surface area contributed by atoms with Crippen molar-refractivity contribution in [3.8, 4) is 11.6 Å². The highest BCUT2D eigenvalue weighted by molar-refractivity contribution is 6.17. The molecule has 0 aliphatic heterocycles. The van der Waals surface area contributed by atoms with E-state index in [1.807, 2.05) is 24.3 Å². The van der Waals surface area contributed by atoms with Gasteiger partial charge in [0, 0.05) is 16.8 Å². The average molecular weight is 449 g/mol. The summed E-state index contributed by atoms with van der Waals surface area (Å²) >= 11 is 0. The maximum absolute atomic E-state index is 13.2. The number of carbonyl (C=O) groups is 2. The number of para-hydroxylation sites is 1. The molecular formula is C27H19N3O4. The van der Waals surface area contributed by atoms with Crippen molar-refractivity contribution >= 4 is 17.4 Å². The van der Waals surface area contributed by atoms with Crippen molar-refractivity contribution < 1.29 is 18.5 Å². The van der Waals surface area contributed by atoms with Gasteiger partial charge in [0.05, 0.1) is 18.2 Å². The van der Waals surface area contributed by atoms with E-state index in [0.717, 1.165) is 5.56 Å². The standard InChI is InChI=1S/C27H19N3O4/c31-25(18-9-2-1-3-10-18)20-12-5-6-13-21(20)27(32)28-22-14-7-4-11-19(22)17-24-29-26(30-34-24)23-15-8-16-33-23/h1-16H,17H2,(H,28,32). The fourth-order valence-electron chi connectivity index (χ4n) is 3.61. The third-order valence-electron chi connectivity index (χ3n) is 5.27. The number of aromatic nitrogens is 2. The highest BCUT2D eigenvalue weighted by Gasteiger charge is 2.19. The van der Waals surface area contributed by atoms with E-state index in [4.69, 9.17) is 8.94 Å². The summed E-state index contributed by atoms with van der Waals surface area (Å²) in [5, 5.41) is 6.88. The molecule has 0 radical (unpaired) electrons. The number of amides is 1. The fourth-order valence-corrected chi connectivity index (χ4v) is 3.61. The van der Waals surface area contributed by atoms with Crippen LogP contribution >= 0.6 is 0 Å². The first-order chi connectivity index (χ1) is 16.7. The SMILES string of the molecule is O=C(Nc1ccccc1Cc1nc(-c2ccco2)no1)c1ccccc1C(=O)c1ccccc1. The minimum Gasteiger partial charge on any atom is -0.461 e. The number of nitrogens with one attached hydrogen (secondary N) is 1. The highest BCUT2D eigenvalue weighted by atomic mass is 16.5. The number of ketones is 1. The lowest BCUT2D eigenvalue weighted by Crippen LogP contribution is -2.17. The predicted molar refractivity (Wildman–Crippen MR) is 126 cm³/mol. The molecule has 3 aromatic carbocycles. The number of hydrogen-bond acceptors (Lipinski definition) is 6. The minimum atomic E-state index is -0.380. The van der Waals surface area contributed by atoms with Gasteiger partial charge in [-0.15, -0.1) is 0 Å². The monoisotopic (exact) mass is 449 g/mol. The van der Waals surface area contributed by atoms with Crippen LogP contribution in [0.3, 0.4) is 0 Å². The molecule has 0 saturated carbocycles. The number of carbonyl (C=O) groups excluding carboxylic acids is 2. The number of hydrogen-bond donors (Lipinski definition) is 1. The van der Waals surface area contributed by atoms with Gasteiger partial charge in [0.1, 0.15) is 0 Å². The molecule has 0 aliphatic carbocycles. The summed E-state index contributed by atoms with van der Waals surface area (Å²) in [6, 6.07) is 26.5. The lowest BCUT2D eigenvalue weighted by atomic mass is 9.97. The molecule has 7 heteroatoms. The Labute approximate surface area is 195 Å². The fraction of sp³-hybridized carbons (Fsp3) is 0.0370. The molecule has 2 aromatic heterocycles. The lowest BCUT2D eigenvalue weighted by Gasteiger charge is -2.12. The third-order valence-corrected chi connectivity index (χ3v) is 5.27. The van der Waals surface area contributed by atoms with Crippen molar-refractivity contribution in [1.29, 1.82) is 0 Å². The van der Waals surface area contributed by atoms with Crippen LogP contribution in [0.2, 0.25) is 0 Å². The molecule has 0 spiro atoms. The molecule has 0 bridgehead atoms. The van der Waals surface area contributed by atoms with Crippen LogP contribution in [0.4, 0.5) is 5.69 Å². The molecule has 34 heavy (non-hydrogen) atoms. The number of anilines is 1. The van der Waals surface area contributed by atoms with Gasteiger partial charge < -0.3 is 14.3 Å². The number of furan rings is 1. The Balaban J connectivity index is 1.38. The zero-order valence-electron chi connectivity index (χ0n) is 18.0. The summed E-state index contributed by atoms with van der Waals surface area (Å²) in [7, 11) is 0. The van der Waals surface area contributed by atoms with Crippen LogP contribution in [0.5, 0.6) is 0 Å². The van der Waals surface area contributed by atoms with Gasteiger partial charge in [-0.3, -0.25) is 9.59 Å². The van der Waals surface area contributed by atoms with Gasteiger partial charge >= 0.3 is 0 Å². The molecule has 2 heterocycles. The molecule has 0 unspecified atom stereocenters. The summed E-state index contributed by atoms with van der Waals surface area (Å²) in [6.07, 6.45) is 1.85. The smallest absolute Gasteiger partial charge is 0.256 e. The molecule has 166 valence electrons. The molecule has 1 N–H and O–H groups in total. The van der Waals surface area contributed by atoms with Crippen molar-refractivity contribution in [3.63, 3.8) is 0 Å². The molecular weight excluding hydrogens is 430 g/mol. The topological polar surface area (TPSA) is 98.2 Å². The zero-order chi connectivity index (χ0) is 23.3. The first kappa shape index (κ1) is 21.1. The van der Waals surface area contributed by atoms with Crippen LogP contribution in [0.15, 0.2) is 106 Å².